The summed E-state index contributed by atoms with van der Waals surface area (Å²) in [6.45, 7) is 2.90. The molecule has 5 heteroatoms. The topological polar surface area (TPSA) is 52.0 Å². The zero-order valence-electron chi connectivity index (χ0n) is 12.3. The average molecular weight is 274 g/mol. The number of aryl methyl sites for hydroxylation is 1. The van der Waals surface area contributed by atoms with Gasteiger partial charge in [-0.25, -0.2) is 4.98 Å². The van der Waals surface area contributed by atoms with Crippen LogP contribution in [0.1, 0.15) is 24.4 Å². The maximum atomic E-state index is 5.69. The molecule has 0 saturated carbocycles. The van der Waals surface area contributed by atoms with E-state index in [9.17, 15) is 0 Å². The molecule has 108 valence electrons. The number of ether oxygens (including phenoxy) is 1. The minimum absolute atomic E-state index is 0.0109. The third-order valence-electron chi connectivity index (χ3n) is 3.52. The zero-order valence-corrected chi connectivity index (χ0v) is 12.3. The van der Waals surface area contributed by atoms with Crippen LogP contribution in [0.25, 0.3) is 0 Å². The van der Waals surface area contributed by atoms with Gasteiger partial charge in [0.05, 0.1) is 6.10 Å². The fourth-order valence-electron chi connectivity index (χ4n) is 2.44. The lowest BCUT2D eigenvalue weighted by molar-refractivity contribution is 0.0694. The number of nitrogens with one attached hydrogen (secondary N) is 1. The van der Waals surface area contributed by atoms with Crippen LogP contribution in [0.5, 0.6) is 0 Å². The van der Waals surface area contributed by atoms with Crippen LogP contribution < -0.4 is 5.32 Å². The molecular weight excluding hydrogens is 252 g/mol. The summed E-state index contributed by atoms with van der Waals surface area (Å²) in [5.74, 6) is 0.977. The molecule has 0 radical (unpaired) electrons. The molecule has 0 fully saturated rings. The van der Waals surface area contributed by atoms with E-state index in [0.717, 1.165) is 24.4 Å². The van der Waals surface area contributed by atoms with E-state index in [1.165, 1.54) is 0 Å². The predicted molar refractivity (Wildman–Crippen MR) is 78.4 cm³/mol. The van der Waals surface area contributed by atoms with Crippen molar-refractivity contribution >= 4 is 0 Å². The van der Waals surface area contributed by atoms with Crippen molar-refractivity contribution in [3.05, 3.63) is 48.0 Å². The fraction of sp³-hybridized carbons (Fsp3) is 0.467. The van der Waals surface area contributed by atoms with Crippen molar-refractivity contribution in [2.75, 3.05) is 14.2 Å². The van der Waals surface area contributed by atoms with Gasteiger partial charge >= 0.3 is 0 Å². The number of hydrogen-bond donors (Lipinski definition) is 1. The summed E-state index contributed by atoms with van der Waals surface area (Å²) in [6, 6.07) is 10.4. The summed E-state index contributed by atoms with van der Waals surface area (Å²) >= 11 is 0. The molecule has 0 saturated heterocycles. The van der Waals surface area contributed by atoms with E-state index >= 15 is 0 Å². The molecule has 2 aromatic rings. The van der Waals surface area contributed by atoms with E-state index in [0.29, 0.717) is 0 Å². The molecule has 0 aliphatic rings. The van der Waals surface area contributed by atoms with Gasteiger partial charge in [-0.1, -0.05) is 30.3 Å². The Morgan fingerprint density at radius 3 is 2.65 bits per heavy atom. The predicted octanol–water partition coefficient (Wildman–Crippen LogP) is 1.82. The summed E-state index contributed by atoms with van der Waals surface area (Å²) in [5, 5.41) is 7.55. The highest BCUT2D eigenvalue weighted by Gasteiger charge is 2.23. The lowest BCUT2D eigenvalue weighted by Crippen LogP contribution is -2.36. The van der Waals surface area contributed by atoms with Gasteiger partial charge in [0.25, 0.3) is 0 Å². The summed E-state index contributed by atoms with van der Waals surface area (Å²) in [7, 11) is 3.69. The highest BCUT2D eigenvalue weighted by molar-refractivity contribution is 5.19. The summed E-state index contributed by atoms with van der Waals surface area (Å²) in [5.41, 5.74) is 1.16. The highest BCUT2D eigenvalue weighted by atomic mass is 16.5. The largest absolute Gasteiger partial charge is 0.375 e. The maximum absolute atomic E-state index is 5.69. The lowest BCUT2D eigenvalue weighted by Gasteiger charge is -2.26. The van der Waals surface area contributed by atoms with Crippen molar-refractivity contribution in [1.82, 2.24) is 20.1 Å². The molecule has 0 spiro atoms. The number of rotatable bonds is 7. The third-order valence-corrected chi connectivity index (χ3v) is 3.52. The normalized spacial score (nSPS) is 14.2. The Morgan fingerprint density at radius 2 is 2.05 bits per heavy atom. The smallest absolute Gasteiger partial charge is 0.138 e. The van der Waals surface area contributed by atoms with Gasteiger partial charge in [-0.3, -0.25) is 4.68 Å². The molecule has 2 rings (SSSR count). The molecule has 20 heavy (non-hydrogen) atoms. The maximum Gasteiger partial charge on any atom is 0.138 e. The Morgan fingerprint density at radius 1 is 1.30 bits per heavy atom. The molecule has 0 amide bonds. The van der Waals surface area contributed by atoms with Crippen molar-refractivity contribution in [2.24, 2.45) is 0 Å². The quantitative estimate of drug-likeness (QED) is 0.836. The van der Waals surface area contributed by atoms with Crippen molar-refractivity contribution < 1.29 is 4.74 Å². The molecule has 1 aromatic heterocycles. The SMILES string of the molecule is CCn1ncnc1CC(NC)C(OC)c1ccccc1. The van der Waals surface area contributed by atoms with Gasteiger partial charge in [0.1, 0.15) is 12.2 Å². The van der Waals surface area contributed by atoms with Crippen LogP contribution in [0.4, 0.5) is 0 Å². The molecule has 2 unspecified atom stereocenters. The monoisotopic (exact) mass is 274 g/mol. The second-order valence-corrected chi connectivity index (χ2v) is 4.66. The van der Waals surface area contributed by atoms with Gasteiger partial charge in [0.2, 0.25) is 0 Å². The summed E-state index contributed by atoms with van der Waals surface area (Å²) < 4.78 is 7.61. The van der Waals surface area contributed by atoms with Crippen LogP contribution in [0.15, 0.2) is 36.7 Å². The fourth-order valence-corrected chi connectivity index (χ4v) is 2.44. The van der Waals surface area contributed by atoms with Crippen LogP contribution in [0, 0.1) is 0 Å². The second-order valence-electron chi connectivity index (χ2n) is 4.66. The first kappa shape index (κ1) is 14.7. The number of nitrogens with zero attached hydrogens (tertiary/aromatic N) is 3. The number of likely N-dealkylation sites (N-methyl/N-ethyl adjacent to an activating group) is 1. The molecule has 5 nitrogen and oxygen atoms in total. The number of methoxy groups -OCH3 is 1. The van der Waals surface area contributed by atoms with Crippen LogP contribution >= 0.6 is 0 Å². The number of hydrogen-bond acceptors (Lipinski definition) is 4. The molecule has 2 atom stereocenters. The van der Waals surface area contributed by atoms with Gasteiger partial charge in [-0.2, -0.15) is 5.10 Å². The Labute approximate surface area is 120 Å². The van der Waals surface area contributed by atoms with Crippen molar-refractivity contribution in [3.8, 4) is 0 Å². The molecule has 1 heterocycles. The Balaban J connectivity index is 2.18. The van der Waals surface area contributed by atoms with Gasteiger partial charge in [0.15, 0.2) is 0 Å². The van der Waals surface area contributed by atoms with Gasteiger partial charge in [0, 0.05) is 26.1 Å². The van der Waals surface area contributed by atoms with Crippen LogP contribution in [0.2, 0.25) is 0 Å². The Hall–Kier alpha value is -1.72. The van der Waals surface area contributed by atoms with Gasteiger partial charge < -0.3 is 10.1 Å². The van der Waals surface area contributed by atoms with Gasteiger partial charge in [-0.15, -0.1) is 0 Å². The minimum Gasteiger partial charge on any atom is -0.375 e. The highest BCUT2D eigenvalue weighted by Crippen LogP contribution is 2.22. The van der Waals surface area contributed by atoms with E-state index in [2.05, 4.69) is 34.5 Å². The molecule has 0 aliphatic heterocycles. The van der Waals surface area contributed by atoms with Crippen molar-refractivity contribution in [2.45, 2.75) is 32.0 Å². The first-order valence-corrected chi connectivity index (χ1v) is 6.91. The molecule has 1 aromatic carbocycles. The number of benzene rings is 1. The van der Waals surface area contributed by atoms with E-state index < -0.39 is 0 Å². The third kappa shape index (κ3) is 3.23. The van der Waals surface area contributed by atoms with Crippen molar-refractivity contribution in [1.29, 1.82) is 0 Å². The van der Waals surface area contributed by atoms with Crippen LogP contribution in [-0.4, -0.2) is 35.0 Å². The van der Waals surface area contributed by atoms with E-state index in [4.69, 9.17) is 4.74 Å². The average Bonchev–Trinajstić information content (AvgIpc) is 2.95. The molecular formula is C15H22N4O. The standard InChI is InChI=1S/C15H22N4O/c1-4-19-14(17-11-18-19)10-13(16-2)15(20-3)12-8-6-5-7-9-12/h5-9,11,13,15-16H,4,10H2,1-3H3. The van der Waals surface area contributed by atoms with Crippen LogP contribution in [0.3, 0.4) is 0 Å². The van der Waals surface area contributed by atoms with E-state index in [-0.39, 0.29) is 12.1 Å². The summed E-state index contributed by atoms with van der Waals surface area (Å²) in [4.78, 5) is 4.34. The Bertz CT molecular complexity index is 512. The van der Waals surface area contributed by atoms with Crippen molar-refractivity contribution in [3.63, 3.8) is 0 Å². The van der Waals surface area contributed by atoms with Gasteiger partial charge in [-0.05, 0) is 19.5 Å². The summed E-state index contributed by atoms with van der Waals surface area (Å²) in [6.07, 6.45) is 2.37. The van der Waals surface area contributed by atoms with Crippen LogP contribution in [-0.2, 0) is 17.7 Å². The molecule has 0 bridgehead atoms. The molecule has 0 aliphatic carbocycles. The Kier molecular flexibility index (Phi) is 5.26. The zero-order chi connectivity index (χ0) is 14.4. The second kappa shape index (κ2) is 7.17. The first-order valence-electron chi connectivity index (χ1n) is 6.91. The minimum atomic E-state index is -0.0109. The van der Waals surface area contributed by atoms with E-state index in [1.807, 2.05) is 29.9 Å². The lowest BCUT2D eigenvalue weighted by atomic mass is 9.99. The molecule has 1 N–H and O–H groups in total. The van der Waals surface area contributed by atoms with E-state index in [1.54, 1.807) is 13.4 Å². The first-order chi connectivity index (χ1) is 9.80. The number of aromatic nitrogens is 3.